The highest BCUT2D eigenvalue weighted by Crippen LogP contribution is 2.35. The summed E-state index contributed by atoms with van der Waals surface area (Å²) in [6.07, 6.45) is 2.11. The molecule has 4 N–H and O–H groups in total. The van der Waals surface area contributed by atoms with Gasteiger partial charge in [0.2, 0.25) is 0 Å². The molecule has 218 valence electrons. The van der Waals surface area contributed by atoms with Gasteiger partial charge in [0.15, 0.2) is 11.6 Å². The van der Waals surface area contributed by atoms with Crippen molar-refractivity contribution in [3.05, 3.63) is 90.4 Å². The summed E-state index contributed by atoms with van der Waals surface area (Å²) in [6, 6.07) is 21.6. The summed E-state index contributed by atoms with van der Waals surface area (Å²) in [5, 5.41) is 21.0. The van der Waals surface area contributed by atoms with Crippen LogP contribution in [0.4, 0.5) is 10.1 Å². The minimum absolute atomic E-state index is 0.0599. The predicted molar refractivity (Wildman–Crippen MR) is 160 cm³/mol. The van der Waals surface area contributed by atoms with Gasteiger partial charge < -0.3 is 25.2 Å². The van der Waals surface area contributed by atoms with E-state index in [4.69, 9.17) is 9.47 Å². The average Bonchev–Trinajstić information content (AvgIpc) is 2.98. The number of hydrogen-bond acceptors (Lipinski definition) is 8. The molecule has 3 heterocycles. The van der Waals surface area contributed by atoms with Gasteiger partial charge in [-0.25, -0.2) is 4.39 Å². The van der Waals surface area contributed by atoms with E-state index in [1.54, 1.807) is 56.4 Å². The second-order valence-electron chi connectivity index (χ2n) is 11.6. The summed E-state index contributed by atoms with van der Waals surface area (Å²) < 4.78 is 27.0. The third-order valence-electron chi connectivity index (χ3n) is 7.81. The van der Waals surface area contributed by atoms with E-state index in [1.807, 2.05) is 30.3 Å². The molecule has 2 saturated heterocycles. The number of carbonyl (C=O) groups excluding carboxylic acids is 1. The number of nitrogens with zero attached hydrogens (tertiary/aromatic N) is 1. The Labute approximate surface area is 244 Å². The number of fused-ring (bicyclic) bond motifs is 2. The number of nitrogens with one attached hydrogen (secondary N) is 3. The zero-order chi connectivity index (χ0) is 29.3. The second kappa shape index (κ2) is 11.7. The van der Waals surface area contributed by atoms with Crippen LogP contribution in [-0.2, 0) is 4.79 Å². The van der Waals surface area contributed by atoms with Crippen LogP contribution in [0.15, 0.2) is 79.0 Å². The minimum atomic E-state index is -0.964. The van der Waals surface area contributed by atoms with Gasteiger partial charge in [-0.15, -0.1) is 0 Å². The fourth-order valence-electron chi connectivity index (χ4n) is 5.75. The standard InChI is InChI=1S/C33H35FN4O4/c1-33(2,40)19-41-22-9-10-23-27(17-22)35-15-13-28(23)42-29-11-8-21(16-25(29)34)38-32-30-26(12-14-36-32)37-18-24(31(30)39)20-6-4-3-5-7-20/h3-11,13,15-17,24,26,30,32,36-38,40H,12,14,18-19H2,1-2H3. The van der Waals surface area contributed by atoms with Gasteiger partial charge in [-0.2, -0.15) is 0 Å². The highest BCUT2D eigenvalue weighted by Gasteiger charge is 2.44. The van der Waals surface area contributed by atoms with Gasteiger partial charge in [0.05, 0.1) is 29.1 Å². The number of halogens is 1. The van der Waals surface area contributed by atoms with Gasteiger partial charge in [-0.1, -0.05) is 30.3 Å². The van der Waals surface area contributed by atoms with Crippen LogP contribution >= 0.6 is 0 Å². The van der Waals surface area contributed by atoms with Crippen LogP contribution < -0.4 is 25.4 Å². The van der Waals surface area contributed by atoms with E-state index in [1.165, 1.54) is 6.07 Å². The molecule has 0 saturated carbocycles. The van der Waals surface area contributed by atoms with Crippen LogP contribution in [0, 0.1) is 11.7 Å². The smallest absolute Gasteiger partial charge is 0.167 e. The van der Waals surface area contributed by atoms with Crippen molar-refractivity contribution in [1.29, 1.82) is 0 Å². The van der Waals surface area contributed by atoms with E-state index in [9.17, 15) is 9.90 Å². The van der Waals surface area contributed by atoms with Crippen molar-refractivity contribution >= 4 is 22.4 Å². The Morgan fingerprint density at radius 2 is 1.88 bits per heavy atom. The van der Waals surface area contributed by atoms with Crippen LogP contribution in [0.25, 0.3) is 10.9 Å². The van der Waals surface area contributed by atoms with Crippen LogP contribution in [0.1, 0.15) is 31.7 Å². The molecule has 42 heavy (non-hydrogen) atoms. The number of pyridine rings is 1. The number of Topliss-reactive ketones (excluding diaryl/α,β-unsaturated/α-hetero) is 1. The van der Waals surface area contributed by atoms with Crippen molar-refractivity contribution in [2.75, 3.05) is 25.0 Å². The number of anilines is 1. The number of benzene rings is 3. The van der Waals surface area contributed by atoms with Gasteiger partial charge in [0.1, 0.15) is 23.9 Å². The van der Waals surface area contributed by atoms with E-state index in [-0.39, 0.29) is 42.2 Å². The van der Waals surface area contributed by atoms with E-state index >= 15 is 4.39 Å². The monoisotopic (exact) mass is 570 g/mol. The maximum Gasteiger partial charge on any atom is 0.167 e. The molecule has 2 aliphatic heterocycles. The van der Waals surface area contributed by atoms with E-state index in [2.05, 4.69) is 20.9 Å². The first kappa shape index (κ1) is 28.1. The zero-order valence-corrected chi connectivity index (χ0v) is 23.6. The van der Waals surface area contributed by atoms with Crippen molar-refractivity contribution in [2.24, 2.45) is 5.92 Å². The van der Waals surface area contributed by atoms with Gasteiger partial charge >= 0.3 is 0 Å². The molecule has 0 spiro atoms. The lowest BCUT2D eigenvalue weighted by Crippen LogP contribution is -2.63. The normalized spacial score (nSPS) is 22.4. The van der Waals surface area contributed by atoms with E-state index in [0.29, 0.717) is 34.6 Å². The Morgan fingerprint density at radius 1 is 1.05 bits per heavy atom. The van der Waals surface area contributed by atoms with Crippen molar-refractivity contribution < 1.29 is 23.8 Å². The molecule has 0 radical (unpaired) electrons. The van der Waals surface area contributed by atoms with Gasteiger partial charge in [-0.3, -0.25) is 15.1 Å². The molecule has 3 aromatic carbocycles. The lowest BCUT2D eigenvalue weighted by atomic mass is 9.75. The Kier molecular flexibility index (Phi) is 7.81. The first-order valence-electron chi connectivity index (χ1n) is 14.3. The number of aliphatic hydroxyl groups is 1. The Hall–Kier alpha value is -4.05. The number of hydrogen-bond donors (Lipinski definition) is 4. The molecule has 0 amide bonds. The molecule has 0 bridgehead atoms. The van der Waals surface area contributed by atoms with Crippen molar-refractivity contribution in [2.45, 2.75) is 44.0 Å². The third kappa shape index (κ3) is 6.09. The van der Waals surface area contributed by atoms with Crippen molar-refractivity contribution in [3.63, 3.8) is 0 Å². The lowest BCUT2D eigenvalue weighted by molar-refractivity contribution is -0.128. The zero-order valence-electron chi connectivity index (χ0n) is 23.6. The number of carbonyl (C=O) groups is 1. The number of piperidine rings is 2. The Balaban J connectivity index is 1.17. The number of aromatic nitrogens is 1. The molecule has 4 atom stereocenters. The summed E-state index contributed by atoms with van der Waals surface area (Å²) in [7, 11) is 0. The fraction of sp³-hybridized carbons (Fsp3) is 0.333. The average molecular weight is 571 g/mol. The van der Waals surface area contributed by atoms with Crippen molar-refractivity contribution in [1.82, 2.24) is 15.6 Å². The highest BCUT2D eigenvalue weighted by atomic mass is 19.1. The summed E-state index contributed by atoms with van der Waals surface area (Å²) >= 11 is 0. The van der Waals surface area contributed by atoms with E-state index < -0.39 is 11.4 Å². The minimum Gasteiger partial charge on any atom is -0.491 e. The number of ketones is 1. The van der Waals surface area contributed by atoms with Crippen LogP contribution in [0.5, 0.6) is 17.2 Å². The van der Waals surface area contributed by atoms with Gasteiger partial charge in [0, 0.05) is 42.0 Å². The molecular formula is C33H35FN4O4. The topological polar surface area (TPSA) is 105 Å². The molecular weight excluding hydrogens is 535 g/mol. The van der Waals surface area contributed by atoms with Gasteiger partial charge in [0.25, 0.3) is 0 Å². The molecule has 9 heteroatoms. The first-order chi connectivity index (χ1) is 20.2. The largest absolute Gasteiger partial charge is 0.491 e. The summed E-state index contributed by atoms with van der Waals surface area (Å²) in [5.74, 6) is 0.239. The molecule has 8 nitrogen and oxygen atoms in total. The van der Waals surface area contributed by atoms with Gasteiger partial charge in [-0.05, 0) is 62.7 Å². The predicted octanol–water partition coefficient (Wildman–Crippen LogP) is 4.99. The SMILES string of the molecule is CC(C)(O)COc1ccc2c(Oc3ccc(NC4NCCC5NCC(c6ccccc6)C(=O)C54)cc3F)ccnc2c1. The van der Waals surface area contributed by atoms with E-state index in [0.717, 1.165) is 18.5 Å². The molecule has 4 unspecified atom stereocenters. The maximum atomic E-state index is 15.3. The summed E-state index contributed by atoms with van der Waals surface area (Å²) in [6.45, 7) is 4.85. The molecule has 2 aliphatic rings. The van der Waals surface area contributed by atoms with Crippen LogP contribution in [-0.4, -0.2) is 53.4 Å². The summed E-state index contributed by atoms with van der Waals surface area (Å²) in [5.41, 5.74) is 1.22. The Morgan fingerprint density at radius 3 is 2.67 bits per heavy atom. The molecule has 6 rings (SSSR count). The summed E-state index contributed by atoms with van der Waals surface area (Å²) in [4.78, 5) is 18.0. The fourth-order valence-corrected chi connectivity index (χ4v) is 5.75. The molecule has 0 aliphatic carbocycles. The lowest BCUT2D eigenvalue weighted by Gasteiger charge is -2.44. The molecule has 4 aromatic rings. The third-order valence-corrected chi connectivity index (χ3v) is 7.81. The second-order valence-corrected chi connectivity index (χ2v) is 11.6. The quantitative estimate of drug-likeness (QED) is 0.235. The number of ether oxygens (including phenoxy) is 2. The number of rotatable bonds is 8. The maximum absolute atomic E-state index is 15.3. The van der Waals surface area contributed by atoms with Crippen molar-refractivity contribution in [3.8, 4) is 17.2 Å². The van der Waals surface area contributed by atoms with Crippen LogP contribution in [0.3, 0.4) is 0 Å². The molecule has 2 fully saturated rings. The first-order valence-corrected chi connectivity index (χ1v) is 14.3. The highest BCUT2D eigenvalue weighted by molar-refractivity contribution is 5.90. The van der Waals surface area contributed by atoms with Crippen LogP contribution in [0.2, 0.25) is 0 Å². The molecule has 1 aromatic heterocycles. The Bertz CT molecular complexity index is 1580.